The van der Waals surface area contributed by atoms with Crippen LogP contribution in [0.25, 0.3) is 21.3 Å². The number of ether oxygens (including phenoxy) is 1. The van der Waals surface area contributed by atoms with Gasteiger partial charge in [0.1, 0.15) is 10.6 Å². The van der Waals surface area contributed by atoms with Gasteiger partial charge in [-0.05, 0) is 43.7 Å². The molecule has 0 spiro atoms. The molecule has 1 atom stereocenters. The van der Waals surface area contributed by atoms with Crippen LogP contribution in [0.5, 0.6) is 5.75 Å². The first-order valence-corrected chi connectivity index (χ1v) is 9.75. The van der Waals surface area contributed by atoms with Crippen LogP contribution in [0.4, 0.5) is 0 Å². The molecule has 0 amide bonds. The number of carbonyl (C=O) groups excluding carboxylic acids is 1. The van der Waals surface area contributed by atoms with E-state index in [0.717, 1.165) is 11.1 Å². The summed E-state index contributed by atoms with van der Waals surface area (Å²) in [6.07, 6.45) is -0.442. The second-order valence-electron chi connectivity index (χ2n) is 6.49. The minimum atomic E-state index is -0.442. The number of hydrogen-bond donors (Lipinski definition) is 1. The third-order valence-corrected chi connectivity index (χ3v) is 5.38. The average molecular weight is 390 g/mol. The lowest BCUT2D eigenvalue weighted by molar-refractivity contribution is 0.101. The van der Waals surface area contributed by atoms with Gasteiger partial charge in [-0.2, -0.15) is 0 Å². The molecule has 2 aromatic carbocycles. The van der Waals surface area contributed by atoms with Crippen molar-refractivity contribution in [2.45, 2.75) is 20.0 Å². The number of fused-ring (bicyclic) bond motifs is 1. The van der Waals surface area contributed by atoms with Crippen molar-refractivity contribution < 1.29 is 9.53 Å². The third-order valence-electron chi connectivity index (χ3n) is 4.51. The Morgan fingerprint density at radius 3 is 2.50 bits per heavy atom. The van der Waals surface area contributed by atoms with Gasteiger partial charge in [0.05, 0.1) is 5.39 Å². The van der Waals surface area contributed by atoms with Crippen molar-refractivity contribution >= 4 is 27.3 Å². The monoisotopic (exact) mass is 390 g/mol. The molecular weight excluding hydrogens is 372 g/mol. The fourth-order valence-electron chi connectivity index (χ4n) is 3.02. The summed E-state index contributed by atoms with van der Waals surface area (Å²) in [6, 6.07) is 16.7. The Bertz CT molecular complexity index is 1190. The summed E-state index contributed by atoms with van der Waals surface area (Å²) in [6.45, 7) is 3.35. The molecule has 5 nitrogen and oxygen atoms in total. The van der Waals surface area contributed by atoms with Crippen LogP contribution in [0, 0.1) is 0 Å². The maximum atomic E-state index is 12.7. The number of carbonyl (C=O) groups is 1. The molecule has 0 saturated carbocycles. The fraction of sp³-hybridized carbons (Fsp3) is 0.136. The number of benzene rings is 2. The van der Waals surface area contributed by atoms with Gasteiger partial charge in [0.2, 0.25) is 0 Å². The Kier molecular flexibility index (Phi) is 4.79. The van der Waals surface area contributed by atoms with Crippen LogP contribution in [0.2, 0.25) is 0 Å². The van der Waals surface area contributed by atoms with Crippen LogP contribution in [0.15, 0.2) is 64.8 Å². The lowest BCUT2D eigenvalue weighted by Gasteiger charge is -2.14. The number of ketones is 1. The Morgan fingerprint density at radius 2 is 1.82 bits per heavy atom. The van der Waals surface area contributed by atoms with Crippen LogP contribution < -0.4 is 10.3 Å². The van der Waals surface area contributed by atoms with Crippen molar-refractivity contribution in [1.82, 2.24) is 9.97 Å². The zero-order valence-electron chi connectivity index (χ0n) is 15.4. The van der Waals surface area contributed by atoms with Crippen molar-refractivity contribution in [2.24, 2.45) is 0 Å². The highest BCUT2D eigenvalue weighted by atomic mass is 32.1. The van der Waals surface area contributed by atoms with Gasteiger partial charge in [-0.25, -0.2) is 4.98 Å². The first kappa shape index (κ1) is 18.1. The second-order valence-corrected chi connectivity index (χ2v) is 7.35. The van der Waals surface area contributed by atoms with Crippen LogP contribution in [0.1, 0.15) is 36.1 Å². The number of H-pyrrole nitrogens is 1. The molecule has 0 radical (unpaired) electrons. The molecule has 28 heavy (non-hydrogen) atoms. The molecule has 0 fully saturated rings. The van der Waals surface area contributed by atoms with E-state index >= 15 is 0 Å². The maximum absolute atomic E-state index is 12.7. The number of thiophene rings is 1. The van der Waals surface area contributed by atoms with Crippen molar-refractivity contribution in [3.63, 3.8) is 0 Å². The lowest BCUT2D eigenvalue weighted by Crippen LogP contribution is -2.16. The molecule has 4 rings (SSSR count). The van der Waals surface area contributed by atoms with Crippen molar-refractivity contribution in [3.8, 4) is 16.9 Å². The van der Waals surface area contributed by atoms with Crippen LogP contribution in [-0.2, 0) is 0 Å². The molecule has 4 aromatic rings. The van der Waals surface area contributed by atoms with Crippen molar-refractivity contribution in [3.05, 3.63) is 81.7 Å². The lowest BCUT2D eigenvalue weighted by atomic mass is 10.1. The van der Waals surface area contributed by atoms with Crippen LogP contribution >= 0.6 is 11.3 Å². The molecule has 0 saturated heterocycles. The Hall–Kier alpha value is -3.25. The molecule has 140 valence electrons. The van der Waals surface area contributed by atoms with E-state index in [9.17, 15) is 9.59 Å². The van der Waals surface area contributed by atoms with Crippen molar-refractivity contribution in [1.29, 1.82) is 0 Å². The number of nitrogens with one attached hydrogen (secondary N) is 1. The normalized spacial score (nSPS) is 12.1. The first-order valence-electron chi connectivity index (χ1n) is 8.87. The van der Waals surface area contributed by atoms with Crippen LogP contribution in [-0.4, -0.2) is 15.8 Å². The number of aromatic amines is 1. The Morgan fingerprint density at radius 1 is 1.11 bits per heavy atom. The quantitative estimate of drug-likeness (QED) is 0.487. The average Bonchev–Trinajstić information content (AvgIpc) is 3.14. The van der Waals surface area contributed by atoms with Gasteiger partial charge in [0.25, 0.3) is 5.56 Å². The fourth-order valence-corrected chi connectivity index (χ4v) is 3.97. The zero-order valence-corrected chi connectivity index (χ0v) is 16.2. The smallest absolute Gasteiger partial charge is 0.260 e. The largest absolute Gasteiger partial charge is 0.483 e. The molecule has 1 N–H and O–H groups in total. The van der Waals surface area contributed by atoms with Gasteiger partial charge in [-0.15, -0.1) is 11.3 Å². The van der Waals surface area contributed by atoms with Gasteiger partial charge in [-0.3, -0.25) is 9.59 Å². The summed E-state index contributed by atoms with van der Waals surface area (Å²) < 4.78 is 5.89. The number of aromatic nitrogens is 2. The van der Waals surface area contributed by atoms with E-state index in [1.54, 1.807) is 24.3 Å². The minimum absolute atomic E-state index is 0.00274. The van der Waals surface area contributed by atoms with E-state index in [2.05, 4.69) is 9.97 Å². The summed E-state index contributed by atoms with van der Waals surface area (Å²) in [5.41, 5.74) is 2.32. The Balaban J connectivity index is 1.64. The summed E-state index contributed by atoms with van der Waals surface area (Å²) in [5, 5.41) is 2.55. The maximum Gasteiger partial charge on any atom is 0.260 e. The number of Topliss-reactive ketones (excluding diaryl/α,β-unsaturated/α-hetero) is 1. The van der Waals surface area contributed by atoms with E-state index in [0.29, 0.717) is 27.4 Å². The van der Waals surface area contributed by atoms with Crippen molar-refractivity contribution in [2.75, 3.05) is 0 Å². The van der Waals surface area contributed by atoms with Crippen LogP contribution in [0.3, 0.4) is 0 Å². The van der Waals surface area contributed by atoms with E-state index in [1.807, 2.05) is 42.6 Å². The van der Waals surface area contributed by atoms with E-state index in [1.165, 1.54) is 18.3 Å². The van der Waals surface area contributed by atoms with E-state index in [-0.39, 0.29) is 11.3 Å². The molecule has 0 aliphatic heterocycles. The predicted octanol–water partition coefficient (Wildman–Crippen LogP) is 4.99. The molecule has 0 aliphatic rings. The summed E-state index contributed by atoms with van der Waals surface area (Å²) in [4.78, 5) is 32.3. The minimum Gasteiger partial charge on any atom is -0.483 e. The number of hydrogen-bond acceptors (Lipinski definition) is 5. The van der Waals surface area contributed by atoms with E-state index in [4.69, 9.17) is 4.74 Å². The third kappa shape index (κ3) is 3.46. The summed E-state index contributed by atoms with van der Waals surface area (Å²) in [5.74, 6) is 1.08. The van der Waals surface area contributed by atoms with Gasteiger partial charge in [0.15, 0.2) is 17.7 Å². The molecule has 0 unspecified atom stereocenters. The van der Waals surface area contributed by atoms with Gasteiger partial charge >= 0.3 is 0 Å². The predicted molar refractivity (Wildman–Crippen MR) is 111 cm³/mol. The molecule has 2 aromatic heterocycles. The van der Waals surface area contributed by atoms with Gasteiger partial charge < -0.3 is 9.72 Å². The molecule has 2 heterocycles. The van der Waals surface area contributed by atoms with Gasteiger partial charge in [-0.1, -0.05) is 30.3 Å². The molecule has 0 aliphatic carbocycles. The molecule has 6 heteroatoms. The van der Waals surface area contributed by atoms with Gasteiger partial charge in [0, 0.05) is 16.5 Å². The number of nitrogens with zero attached hydrogens (tertiary/aromatic N) is 1. The zero-order chi connectivity index (χ0) is 19.7. The summed E-state index contributed by atoms with van der Waals surface area (Å²) >= 11 is 1.44. The number of rotatable bonds is 5. The highest BCUT2D eigenvalue weighted by Gasteiger charge is 2.17. The highest BCUT2D eigenvalue weighted by molar-refractivity contribution is 7.17. The van der Waals surface area contributed by atoms with E-state index < -0.39 is 6.10 Å². The SMILES string of the molecule is CC(=O)c1ccc(O[C@@H](C)c2nc3scc(-c4ccccc4)c3c(=O)[nH]2)cc1. The topological polar surface area (TPSA) is 72.0 Å². The highest BCUT2D eigenvalue weighted by Crippen LogP contribution is 2.31. The summed E-state index contributed by atoms with van der Waals surface area (Å²) in [7, 11) is 0. The Labute approximate surface area is 165 Å². The molecular formula is C22H18N2O3S. The second kappa shape index (κ2) is 7.40. The first-order chi connectivity index (χ1) is 13.5. The molecule has 0 bridgehead atoms. The standard InChI is InChI=1S/C22H18N2O3S/c1-13(25)15-8-10-17(11-9-15)27-14(2)20-23-21(26)19-18(12-28-22(19)24-20)16-6-4-3-5-7-16/h3-12,14H,1-2H3,(H,23,24,26)/t14-/m0/s1.